The van der Waals surface area contributed by atoms with Gasteiger partial charge in [-0.1, -0.05) is 23.7 Å². The van der Waals surface area contributed by atoms with Crippen LogP contribution in [0.15, 0.2) is 47.4 Å². The van der Waals surface area contributed by atoms with Crippen molar-refractivity contribution >= 4 is 39.1 Å². The molecule has 0 spiro atoms. The Morgan fingerprint density at radius 3 is 2.42 bits per heavy atom. The smallest absolute Gasteiger partial charge is 0.337 e. The van der Waals surface area contributed by atoms with Crippen LogP contribution in [-0.2, 0) is 14.8 Å². The molecule has 0 atom stereocenters. The highest BCUT2D eigenvalue weighted by Gasteiger charge is 2.21. The summed E-state index contributed by atoms with van der Waals surface area (Å²) in [7, 11) is -2.86. The number of nitrogens with one attached hydrogen (secondary N) is 1. The molecule has 126 valence electrons. The maximum Gasteiger partial charge on any atom is 0.337 e. The van der Waals surface area contributed by atoms with E-state index < -0.39 is 16.0 Å². The Hall–Kier alpha value is -2.38. The van der Waals surface area contributed by atoms with Gasteiger partial charge in [0.05, 0.1) is 17.7 Å². The normalized spacial score (nSPS) is 11.0. The third kappa shape index (κ3) is 3.93. The van der Waals surface area contributed by atoms with E-state index in [2.05, 4.69) is 9.46 Å². The number of sulfonamides is 1. The Bertz CT molecular complexity index is 908. The lowest BCUT2D eigenvalue weighted by atomic mass is 10.1. The van der Waals surface area contributed by atoms with E-state index in [0.717, 1.165) is 6.07 Å². The van der Waals surface area contributed by atoms with Gasteiger partial charge in [-0.25, -0.2) is 13.2 Å². The van der Waals surface area contributed by atoms with E-state index in [-0.39, 0.29) is 27.0 Å². The van der Waals surface area contributed by atoms with Gasteiger partial charge in [0.2, 0.25) is 0 Å². The molecule has 0 saturated carbocycles. The number of ketones is 1. The number of ether oxygens (including phenoxy) is 1. The zero-order valence-corrected chi connectivity index (χ0v) is 14.4. The molecule has 6 nitrogen and oxygen atoms in total. The van der Waals surface area contributed by atoms with Gasteiger partial charge in [0.1, 0.15) is 4.90 Å². The minimum atomic E-state index is -4.05. The number of methoxy groups -OCH3 is 1. The third-order valence-electron chi connectivity index (χ3n) is 3.16. The molecule has 0 amide bonds. The van der Waals surface area contributed by atoms with Gasteiger partial charge >= 0.3 is 5.97 Å². The van der Waals surface area contributed by atoms with Gasteiger partial charge in [-0.05, 0) is 37.3 Å². The molecule has 0 radical (unpaired) electrons. The zero-order chi connectivity index (χ0) is 17.9. The summed E-state index contributed by atoms with van der Waals surface area (Å²) < 4.78 is 32.0. The quantitative estimate of drug-likeness (QED) is 0.647. The first-order valence-electron chi connectivity index (χ1n) is 6.76. The predicted molar refractivity (Wildman–Crippen MR) is 90.0 cm³/mol. The van der Waals surface area contributed by atoms with Crippen LogP contribution in [0.3, 0.4) is 0 Å². The van der Waals surface area contributed by atoms with E-state index in [1.165, 1.54) is 38.3 Å². The van der Waals surface area contributed by atoms with E-state index in [1.54, 1.807) is 12.1 Å². The zero-order valence-electron chi connectivity index (χ0n) is 12.9. The second-order valence-electron chi connectivity index (χ2n) is 4.88. The number of rotatable bonds is 5. The molecule has 0 saturated heterocycles. The van der Waals surface area contributed by atoms with Crippen LogP contribution in [-0.4, -0.2) is 27.3 Å². The van der Waals surface area contributed by atoms with Crippen LogP contribution in [0, 0.1) is 0 Å². The van der Waals surface area contributed by atoms with Crippen molar-refractivity contribution in [1.82, 2.24) is 0 Å². The molecule has 0 fully saturated rings. The van der Waals surface area contributed by atoms with E-state index >= 15 is 0 Å². The van der Waals surface area contributed by atoms with Crippen LogP contribution >= 0.6 is 11.6 Å². The monoisotopic (exact) mass is 367 g/mol. The molecule has 0 aliphatic carbocycles. The molecule has 0 unspecified atom stereocenters. The van der Waals surface area contributed by atoms with Crippen molar-refractivity contribution in [3.63, 3.8) is 0 Å². The Morgan fingerprint density at radius 1 is 1.08 bits per heavy atom. The minimum Gasteiger partial charge on any atom is -0.465 e. The summed E-state index contributed by atoms with van der Waals surface area (Å²) >= 11 is 5.95. The summed E-state index contributed by atoms with van der Waals surface area (Å²) in [4.78, 5) is 22.7. The first-order chi connectivity index (χ1) is 11.2. The molecule has 8 heteroatoms. The highest BCUT2D eigenvalue weighted by molar-refractivity contribution is 7.92. The highest BCUT2D eigenvalue weighted by Crippen LogP contribution is 2.25. The highest BCUT2D eigenvalue weighted by atomic mass is 35.5. The Morgan fingerprint density at radius 2 is 1.79 bits per heavy atom. The molecular formula is C16H14ClNO5S. The summed E-state index contributed by atoms with van der Waals surface area (Å²) in [5.74, 6) is -0.872. The summed E-state index contributed by atoms with van der Waals surface area (Å²) in [6, 6.07) is 9.84. The molecule has 2 aromatic carbocycles. The largest absolute Gasteiger partial charge is 0.465 e. The standard InChI is InChI=1S/C16H14ClNO5S/c1-10(19)11-4-3-5-13(8-11)18-24(21,22)15-9-12(16(20)23-2)6-7-14(15)17/h3-9,18H,1-2H3. The number of hydrogen-bond donors (Lipinski definition) is 1. The molecule has 2 aromatic rings. The third-order valence-corrected chi connectivity index (χ3v) is 5.03. The van der Waals surface area contributed by atoms with Crippen LogP contribution in [0.5, 0.6) is 0 Å². The van der Waals surface area contributed by atoms with Crippen molar-refractivity contribution in [3.8, 4) is 0 Å². The summed E-state index contributed by atoms with van der Waals surface area (Å²) in [5, 5.41) is -0.0436. The fourth-order valence-corrected chi connectivity index (χ4v) is 3.54. The predicted octanol–water partition coefficient (Wildman–Crippen LogP) is 3.13. The fraction of sp³-hybridized carbons (Fsp3) is 0.125. The summed E-state index contributed by atoms with van der Waals surface area (Å²) in [6.07, 6.45) is 0. The van der Waals surface area contributed by atoms with E-state index in [9.17, 15) is 18.0 Å². The lowest BCUT2D eigenvalue weighted by Crippen LogP contribution is -2.15. The number of Topliss-reactive ketones (excluding diaryl/α,β-unsaturated/α-hetero) is 1. The molecular weight excluding hydrogens is 354 g/mol. The van der Waals surface area contributed by atoms with Gasteiger partial charge in [0.15, 0.2) is 5.78 Å². The lowest BCUT2D eigenvalue weighted by molar-refractivity contribution is 0.0600. The summed E-state index contributed by atoms with van der Waals surface area (Å²) in [6.45, 7) is 1.38. The van der Waals surface area contributed by atoms with Gasteiger partial charge in [-0.15, -0.1) is 0 Å². The van der Waals surface area contributed by atoms with Crippen molar-refractivity contribution in [2.45, 2.75) is 11.8 Å². The number of halogens is 1. The van der Waals surface area contributed by atoms with Crippen molar-refractivity contribution in [2.75, 3.05) is 11.8 Å². The van der Waals surface area contributed by atoms with E-state index in [4.69, 9.17) is 11.6 Å². The van der Waals surface area contributed by atoms with Gasteiger partial charge in [0.25, 0.3) is 10.0 Å². The van der Waals surface area contributed by atoms with Crippen LogP contribution in [0.25, 0.3) is 0 Å². The molecule has 0 aliphatic rings. The molecule has 1 N–H and O–H groups in total. The topological polar surface area (TPSA) is 89.5 Å². The minimum absolute atomic E-state index is 0.0436. The van der Waals surface area contributed by atoms with Gasteiger partial charge in [-0.3, -0.25) is 9.52 Å². The van der Waals surface area contributed by atoms with Crippen LogP contribution in [0.2, 0.25) is 5.02 Å². The Kier molecular flexibility index (Phi) is 5.26. The van der Waals surface area contributed by atoms with E-state index in [0.29, 0.717) is 5.56 Å². The lowest BCUT2D eigenvalue weighted by Gasteiger charge is -2.11. The van der Waals surface area contributed by atoms with Crippen molar-refractivity contribution in [3.05, 3.63) is 58.6 Å². The number of carbonyl (C=O) groups excluding carboxylic acids is 2. The second-order valence-corrected chi connectivity index (χ2v) is 6.94. The molecule has 0 heterocycles. The van der Waals surface area contributed by atoms with Gasteiger partial charge in [-0.2, -0.15) is 0 Å². The molecule has 2 rings (SSSR count). The molecule has 0 aromatic heterocycles. The number of carbonyl (C=O) groups is 2. The number of anilines is 1. The SMILES string of the molecule is COC(=O)c1ccc(Cl)c(S(=O)(=O)Nc2cccc(C(C)=O)c2)c1. The van der Waals surface area contributed by atoms with Crippen molar-refractivity contribution in [1.29, 1.82) is 0 Å². The van der Waals surface area contributed by atoms with Crippen LogP contribution < -0.4 is 4.72 Å². The van der Waals surface area contributed by atoms with Crippen molar-refractivity contribution in [2.24, 2.45) is 0 Å². The van der Waals surface area contributed by atoms with Gasteiger partial charge in [0, 0.05) is 11.3 Å². The van der Waals surface area contributed by atoms with Gasteiger partial charge < -0.3 is 4.74 Å². The first kappa shape index (κ1) is 18.0. The maximum absolute atomic E-state index is 12.5. The Labute approximate surface area is 144 Å². The molecule has 0 bridgehead atoms. The fourth-order valence-electron chi connectivity index (χ4n) is 1.97. The molecule has 24 heavy (non-hydrogen) atoms. The maximum atomic E-state index is 12.5. The Balaban J connectivity index is 2.42. The van der Waals surface area contributed by atoms with Crippen LogP contribution in [0.4, 0.5) is 5.69 Å². The van der Waals surface area contributed by atoms with Crippen molar-refractivity contribution < 1.29 is 22.7 Å². The number of hydrogen-bond acceptors (Lipinski definition) is 5. The van der Waals surface area contributed by atoms with Crippen LogP contribution in [0.1, 0.15) is 27.6 Å². The first-order valence-corrected chi connectivity index (χ1v) is 8.62. The summed E-state index contributed by atoms with van der Waals surface area (Å²) in [5.41, 5.74) is 0.631. The average Bonchev–Trinajstić information content (AvgIpc) is 2.54. The second kappa shape index (κ2) is 7.02. The molecule has 0 aliphatic heterocycles. The van der Waals surface area contributed by atoms with E-state index in [1.807, 2.05) is 0 Å². The number of esters is 1. The number of benzene rings is 2. The average molecular weight is 368 g/mol.